The highest BCUT2D eigenvalue weighted by atomic mass is 79.9. The van der Waals surface area contributed by atoms with Gasteiger partial charge in [0.25, 0.3) is 0 Å². The van der Waals surface area contributed by atoms with Gasteiger partial charge in [-0.3, -0.25) is 0 Å². The van der Waals surface area contributed by atoms with Crippen LogP contribution in [-0.2, 0) is 0 Å². The van der Waals surface area contributed by atoms with Gasteiger partial charge in [0.1, 0.15) is 11.1 Å². The zero-order chi connectivity index (χ0) is 15.3. The van der Waals surface area contributed by atoms with Gasteiger partial charge in [-0.2, -0.15) is 0 Å². The molecule has 22 heavy (non-hydrogen) atoms. The maximum Gasteiger partial charge on any atom is 0.348 e. The zero-order valence-corrected chi connectivity index (χ0v) is 12.8. The lowest BCUT2D eigenvalue weighted by atomic mass is 10.1. The van der Waals surface area contributed by atoms with Crippen molar-refractivity contribution in [1.29, 1.82) is 0 Å². The summed E-state index contributed by atoms with van der Waals surface area (Å²) in [6, 6.07) is 14.2. The van der Waals surface area contributed by atoms with E-state index in [2.05, 4.69) is 15.9 Å². The first kappa shape index (κ1) is 13.2. The molecule has 0 bridgehead atoms. The Balaban J connectivity index is 2.10. The molecule has 0 aliphatic rings. The van der Waals surface area contributed by atoms with E-state index in [1.54, 1.807) is 36.4 Å². The van der Waals surface area contributed by atoms with Crippen LogP contribution in [0, 0.1) is 0 Å². The van der Waals surface area contributed by atoms with E-state index in [9.17, 15) is 9.90 Å². The van der Waals surface area contributed by atoms with Gasteiger partial charge in [-0.1, -0.05) is 40.2 Å². The van der Waals surface area contributed by atoms with Gasteiger partial charge in [-0.15, -0.1) is 0 Å². The molecule has 4 aromatic rings. The number of rotatable bonds is 1. The topological polar surface area (TPSA) is 63.6 Å². The lowest BCUT2D eigenvalue weighted by Crippen LogP contribution is -2.02. The molecule has 4 nitrogen and oxygen atoms in total. The molecule has 5 heteroatoms. The monoisotopic (exact) mass is 356 g/mol. The standard InChI is InChI=1S/C17H9BrO4/c18-10-7-5-9(6-8-10)13-14(19)16-15(22-17(13)20)11-3-1-2-4-12(11)21-16/h1-8,19H. The van der Waals surface area contributed by atoms with Gasteiger partial charge < -0.3 is 13.9 Å². The largest absolute Gasteiger partial charge is 0.504 e. The maximum absolute atomic E-state index is 12.3. The van der Waals surface area contributed by atoms with Crippen molar-refractivity contribution < 1.29 is 13.9 Å². The van der Waals surface area contributed by atoms with Gasteiger partial charge in [0.2, 0.25) is 5.58 Å². The Hall–Kier alpha value is -2.53. The number of hydrogen-bond donors (Lipinski definition) is 1. The van der Waals surface area contributed by atoms with Crippen LogP contribution in [0.5, 0.6) is 5.75 Å². The van der Waals surface area contributed by atoms with E-state index in [0.29, 0.717) is 16.5 Å². The van der Waals surface area contributed by atoms with Gasteiger partial charge in [-0.25, -0.2) is 4.79 Å². The van der Waals surface area contributed by atoms with Gasteiger partial charge in [0.05, 0.1) is 5.39 Å². The molecule has 0 fully saturated rings. The van der Waals surface area contributed by atoms with Crippen LogP contribution < -0.4 is 5.63 Å². The van der Waals surface area contributed by atoms with Crippen molar-refractivity contribution in [3.8, 4) is 16.9 Å². The molecule has 0 saturated carbocycles. The Morgan fingerprint density at radius 2 is 1.64 bits per heavy atom. The normalized spacial score (nSPS) is 11.3. The van der Waals surface area contributed by atoms with Crippen LogP contribution in [0.2, 0.25) is 0 Å². The van der Waals surface area contributed by atoms with Gasteiger partial charge in [0, 0.05) is 4.47 Å². The van der Waals surface area contributed by atoms with Crippen molar-refractivity contribution in [2.75, 3.05) is 0 Å². The predicted molar refractivity (Wildman–Crippen MR) is 87.1 cm³/mol. The summed E-state index contributed by atoms with van der Waals surface area (Å²) in [4.78, 5) is 12.3. The summed E-state index contributed by atoms with van der Waals surface area (Å²) in [6.07, 6.45) is 0. The highest BCUT2D eigenvalue weighted by Crippen LogP contribution is 2.38. The Labute approximate surface area is 132 Å². The minimum atomic E-state index is -0.598. The number of benzene rings is 2. The van der Waals surface area contributed by atoms with Crippen LogP contribution in [-0.4, -0.2) is 5.11 Å². The Morgan fingerprint density at radius 1 is 0.909 bits per heavy atom. The SMILES string of the molecule is O=c1oc2c(oc3ccccc32)c(O)c1-c1ccc(Br)cc1. The average Bonchev–Trinajstić information content (AvgIpc) is 2.88. The molecule has 0 unspecified atom stereocenters. The van der Waals surface area contributed by atoms with Crippen molar-refractivity contribution in [2.24, 2.45) is 0 Å². The fourth-order valence-electron chi connectivity index (χ4n) is 2.50. The minimum Gasteiger partial charge on any atom is -0.504 e. The fourth-order valence-corrected chi connectivity index (χ4v) is 2.77. The molecule has 2 aromatic carbocycles. The molecule has 0 amide bonds. The Bertz CT molecular complexity index is 1060. The number of para-hydroxylation sites is 1. The number of aromatic hydroxyl groups is 1. The molecule has 1 N–H and O–H groups in total. The van der Waals surface area contributed by atoms with E-state index >= 15 is 0 Å². The summed E-state index contributed by atoms with van der Waals surface area (Å²) in [7, 11) is 0. The van der Waals surface area contributed by atoms with E-state index in [1.807, 2.05) is 12.1 Å². The van der Waals surface area contributed by atoms with Crippen molar-refractivity contribution >= 4 is 38.1 Å². The lowest BCUT2D eigenvalue weighted by Gasteiger charge is -2.03. The van der Waals surface area contributed by atoms with Crippen LogP contribution in [0.1, 0.15) is 0 Å². The molecule has 4 rings (SSSR count). The minimum absolute atomic E-state index is 0.0963. The second-order valence-electron chi connectivity index (χ2n) is 4.88. The van der Waals surface area contributed by atoms with Crippen LogP contribution in [0.4, 0.5) is 0 Å². The lowest BCUT2D eigenvalue weighted by molar-refractivity contribution is 0.457. The Morgan fingerprint density at radius 3 is 2.41 bits per heavy atom. The van der Waals surface area contributed by atoms with Crippen LogP contribution in [0.25, 0.3) is 33.3 Å². The van der Waals surface area contributed by atoms with Crippen molar-refractivity contribution in [2.45, 2.75) is 0 Å². The van der Waals surface area contributed by atoms with E-state index in [1.165, 1.54) is 0 Å². The summed E-state index contributed by atoms with van der Waals surface area (Å²) in [5.41, 5.74) is 1.07. The summed E-state index contributed by atoms with van der Waals surface area (Å²) in [6.45, 7) is 0. The van der Waals surface area contributed by atoms with E-state index in [4.69, 9.17) is 8.83 Å². The average molecular weight is 357 g/mol. The number of hydrogen-bond acceptors (Lipinski definition) is 4. The van der Waals surface area contributed by atoms with Crippen molar-refractivity contribution in [3.05, 3.63) is 63.4 Å². The highest BCUT2D eigenvalue weighted by molar-refractivity contribution is 9.10. The number of halogens is 1. The third kappa shape index (κ3) is 1.86. The first-order valence-electron chi connectivity index (χ1n) is 6.58. The third-order valence-corrected chi connectivity index (χ3v) is 4.06. The number of fused-ring (bicyclic) bond motifs is 3. The highest BCUT2D eigenvalue weighted by Gasteiger charge is 2.20. The van der Waals surface area contributed by atoms with Crippen molar-refractivity contribution in [1.82, 2.24) is 0 Å². The van der Waals surface area contributed by atoms with Gasteiger partial charge in [0.15, 0.2) is 11.3 Å². The molecule has 0 saturated heterocycles. The molecule has 0 atom stereocenters. The first-order valence-corrected chi connectivity index (χ1v) is 7.37. The van der Waals surface area contributed by atoms with Crippen LogP contribution >= 0.6 is 15.9 Å². The van der Waals surface area contributed by atoms with Gasteiger partial charge >= 0.3 is 5.63 Å². The zero-order valence-electron chi connectivity index (χ0n) is 11.2. The van der Waals surface area contributed by atoms with E-state index < -0.39 is 5.63 Å². The summed E-state index contributed by atoms with van der Waals surface area (Å²) < 4.78 is 11.9. The summed E-state index contributed by atoms with van der Waals surface area (Å²) in [5, 5.41) is 11.1. The van der Waals surface area contributed by atoms with E-state index in [0.717, 1.165) is 4.47 Å². The molecule has 2 heterocycles. The van der Waals surface area contributed by atoms with Crippen LogP contribution in [0.15, 0.2) is 66.6 Å². The molecular formula is C17H9BrO4. The summed E-state index contributed by atoms with van der Waals surface area (Å²) in [5.74, 6) is -0.204. The second-order valence-corrected chi connectivity index (χ2v) is 5.79. The first-order chi connectivity index (χ1) is 10.6. The molecule has 0 aliphatic heterocycles. The fraction of sp³-hybridized carbons (Fsp3) is 0. The van der Waals surface area contributed by atoms with Gasteiger partial charge in [-0.05, 0) is 29.8 Å². The quantitative estimate of drug-likeness (QED) is 0.538. The molecular weight excluding hydrogens is 348 g/mol. The van der Waals surface area contributed by atoms with E-state index in [-0.39, 0.29) is 22.5 Å². The Kier molecular flexibility index (Phi) is 2.84. The molecule has 108 valence electrons. The second kappa shape index (κ2) is 4.74. The smallest absolute Gasteiger partial charge is 0.348 e. The molecule has 0 spiro atoms. The van der Waals surface area contributed by atoms with Crippen LogP contribution in [0.3, 0.4) is 0 Å². The maximum atomic E-state index is 12.3. The summed E-state index contributed by atoms with van der Waals surface area (Å²) >= 11 is 3.34. The third-order valence-electron chi connectivity index (χ3n) is 3.53. The molecule has 0 radical (unpaired) electrons. The predicted octanol–water partition coefficient (Wildman–Crippen LogP) is 4.67. The molecule has 0 aliphatic carbocycles. The van der Waals surface area contributed by atoms with Crippen molar-refractivity contribution in [3.63, 3.8) is 0 Å². The number of furan rings is 1. The molecule has 2 aromatic heterocycles.